The van der Waals surface area contributed by atoms with Crippen molar-refractivity contribution in [3.05, 3.63) is 158 Å². The number of hydrogen-bond donors (Lipinski definition) is 0. The zero-order valence-corrected chi connectivity index (χ0v) is 23.9. The van der Waals surface area contributed by atoms with Crippen LogP contribution >= 0.6 is 0 Å². The van der Waals surface area contributed by atoms with Gasteiger partial charge in [-0.1, -0.05) is 109 Å². The van der Waals surface area contributed by atoms with Crippen molar-refractivity contribution in [3.63, 3.8) is 0 Å². The molecule has 7 aromatic rings. The van der Waals surface area contributed by atoms with Crippen molar-refractivity contribution in [1.82, 2.24) is 0 Å². The molecule has 0 amide bonds. The summed E-state index contributed by atoms with van der Waals surface area (Å²) in [6.07, 6.45) is 0. The van der Waals surface area contributed by atoms with E-state index in [0.29, 0.717) is 0 Å². The van der Waals surface area contributed by atoms with Gasteiger partial charge in [0.25, 0.3) is 0 Å². The first kappa shape index (κ1) is 25.6. The number of hydrogen-bond acceptors (Lipinski definition) is 2. The second kappa shape index (κ2) is 10.9. The largest absolute Gasteiger partial charge is 0.345 e. The van der Waals surface area contributed by atoms with Crippen molar-refractivity contribution in [3.8, 4) is 22.3 Å². The van der Waals surface area contributed by atoms with Crippen molar-refractivity contribution in [2.75, 3.05) is 23.9 Å². The van der Waals surface area contributed by atoms with E-state index in [1.165, 1.54) is 55.2 Å². The monoisotopic (exact) mass is 540 g/mol. The molecule has 0 radical (unpaired) electrons. The summed E-state index contributed by atoms with van der Waals surface area (Å²) in [7, 11) is 4.24. The minimum Gasteiger partial charge on any atom is -0.345 e. The maximum Gasteiger partial charge on any atom is 0.0408 e. The Balaban J connectivity index is 1.35. The Labute approximate surface area is 247 Å². The summed E-state index contributed by atoms with van der Waals surface area (Å²) in [5.41, 5.74) is 9.67. The molecule has 7 rings (SSSR count). The average Bonchev–Trinajstić information content (AvgIpc) is 3.07. The van der Waals surface area contributed by atoms with Crippen LogP contribution in [0.5, 0.6) is 0 Å². The number of fused-ring (bicyclic) bond motifs is 2. The molecule has 0 aliphatic heterocycles. The molecule has 2 nitrogen and oxygen atoms in total. The van der Waals surface area contributed by atoms with Crippen molar-refractivity contribution in [2.45, 2.75) is 0 Å². The van der Waals surface area contributed by atoms with Gasteiger partial charge in [0, 0.05) is 36.8 Å². The van der Waals surface area contributed by atoms with Crippen LogP contribution in [0.1, 0.15) is 0 Å². The summed E-state index contributed by atoms with van der Waals surface area (Å²) in [5, 5.41) is 5.06. The molecule has 0 aromatic heterocycles. The van der Waals surface area contributed by atoms with Gasteiger partial charge in [-0.3, -0.25) is 0 Å². The van der Waals surface area contributed by atoms with Crippen LogP contribution in [0.2, 0.25) is 0 Å². The van der Waals surface area contributed by atoms with Crippen LogP contribution in [0.25, 0.3) is 43.8 Å². The summed E-state index contributed by atoms with van der Waals surface area (Å²) in [6.45, 7) is 0. The molecule has 42 heavy (non-hydrogen) atoms. The molecule has 0 atom stereocenters. The van der Waals surface area contributed by atoms with E-state index in [1.54, 1.807) is 0 Å². The van der Waals surface area contributed by atoms with E-state index in [1.807, 2.05) is 0 Å². The third-order valence-corrected chi connectivity index (χ3v) is 8.31. The van der Waals surface area contributed by atoms with E-state index >= 15 is 0 Å². The number of nitrogens with zero attached hydrogens (tertiary/aromatic N) is 2. The normalized spacial score (nSPS) is 11.1. The number of para-hydroxylation sites is 2. The maximum atomic E-state index is 2.27. The molecule has 0 heterocycles. The first-order chi connectivity index (χ1) is 20.7. The lowest BCUT2D eigenvalue weighted by Crippen LogP contribution is -2.08. The highest BCUT2D eigenvalue weighted by molar-refractivity contribution is 6.21. The van der Waals surface area contributed by atoms with E-state index in [9.17, 15) is 0 Å². The highest BCUT2D eigenvalue weighted by Gasteiger charge is 2.17. The van der Waals surface area contributed by atoms with E-state index in [2.05, 4.69) is 182 Å². The van der Waals surface area contributed by atoms with Gasteiger partial charge >= 0.3 is 0 Å². The van der Waals surface area contributed by atoms with Gasteiger partial charge in [0.15, 0.2) is 0 Å². The second-order valence-corrected chi connectivity index (χ2v) is 10.7. The number of anilines is 4. The molecule has 7 aromatic carbocycles. The van der Waals surface area contributed by atoms with Gasteiger partial charge in [-0.2, -0.15) is 0 Å². The second-order valence-electron chi connectivity index (χ2n) is 10.7. The first-order valence-corrected chi connectivity index (χ1v) is 14.4. The molecular formula is C40H32N2. The Morgan fingerprint density at radius 1 is 0.286 bits per heavy atom. The lowest BCUT2D eigenvalue weighted by Gasteiger charge is -2.22. The Morgan fingerprint density at radius 3 is 0.857 bits per heavy atom. The summed E-state index contributed by atoms with van der Waals surface area (Å²) in [5.74, 6) is 0. The third kappa shape index (κ3) is 4.57. The van der Waals surface area contributed by atoms with Crippen LogP contribution in [0, 0.1) is 0 Å². The predicted molar refractivity (Wildman–Crippen MR) is 181 cm³/mol. The zero-order chi connectivity index (χ0) is 28.5. The van der Waals surface area contributed by atoms with Crippen molar-refractivity contribution < 1.29 is 0 Å². The van der Waals surface area contributed by atoms with Gasteiger partial charge in [0.1, 0.15) is 0 Å². The molecule has 0 saturated heterocycles. The molecule has 0 bridgehead atoms. The third-order valence-electron chi connectivity index (χ3n) is 8.31. The Bertz CT molecular complexity index is 1770. The van der Waals surface area contributed by atoms with Gasteiger partial charge in [-0.25, -0.2) is 0 Å². The Kier molecular flexibility index (Phi) is 6.65. The van der Waals surface area contributed by atoms with Gasteiger partial charge < -0.3 is 9.80 Å². The van der Waals surface area contributed by atoms with Crippen molar-refractivity contribution in [1.29, 1.82) is 0 Å². The van der Waals surface area contributed by atoms with E-state index in [4.69, 9.17) is 0 Å². The summed E-state index contributed by atoms with van der Waals surface area (Å²) in [4.78, 5) is 4.45. The van der Waals surface area contributed by atoms with Crippen LogP contribution in [-0.2, 0) is 0 Å². The van der Waals surface area contributed by atoms with Crippen LogP contribution < -0.4 is 9.80 Å². The van der Waals surface area contributed by atoms with Crippen molar-refractivity contribution in [2.24, 2.45) is 0 Å². The molecule has 0 aliphatic carbocycles. The molecule has 202 valence electrons. The zero-order valence-electron chi connectivity index (χ0n) is 23.9. The summed E-state index contributed by atoms with van der Waals surface area (Å²) in [6, 6.07) is 56.6. The predicted octanol–water partition coefficient (Wildman–Crippen LogP) is 10.9. The fourth-order valence-electron chi connectivity index (χ4n) is 6.06. The summed E-state index contributed by atoms with van der Waals surface area (Å²) >= 11 is 0. The number of rotatable bonds is 6. The fourth-order valence-corrected chi connectivity index (χ4v) is 6.06. The topological polar surface area (TPSA) is 6.48 Å². The Hall–Kier alpha value is -5.34. The molecule has 0 spiro atoms. The van der Waals surface area contributed by atoms with Gasteiger partial charge in [0.2, 0.25) is 0 Å². The van der Waals surface area contributed by atoms with E-state index in [0.717, 1.165) is 11.4 Å². The highest BCUT2D eigenvalue weighted by atomic mass is 15.1. The lowest BCUT2D eigenvalue weighted by atomic mass is 9.86. The van der Waals surface area contributed by atoms with Crippen LogP contribution in [0.15, 0.2) is 158 Å². The minimum absolute atomic E-state index is 1.16. The molecule has 0 unspecified atom stereocenters. The molecule has 0 N–H and O–H groups in total. The molecule has 0 fully saturated rings. The molecular weight excluding hydrogens is 508 g/mol. The van der Waals surface area contributed by atoms with E-state index in [-0.39, 0.29) is 0 Å². The highest BCUT2D eigenvalue weighted by Crippen LogP contribution is 2.44. The van der Waals surface area contributed by atoms with Crippen LogP contribution in [0.4, 0.5) is 22.7 Å². The van der Waals surface area contributed by atoms with Crippen molar-refractivity contribution >= 4 is 44.3 Å². The quantitative estimate of drug-likeness (QED) is 0.194. The average molecular weight is 541 g/mol. The standard InChI is InChI=1S/C40H32N2/c1-41(31-13-5-3-6-14-31)33-25-21-29(22-26-33)39-35-17-9-11-19-37(35)40(38-20-12-10-18-36(38)39)30-23-27-34(28-24-30)42(2)32-15-7-4-8-16-32/h3-28H,1-2H3. The molecule has 0 aliphatic rings. The maximum absolute atomic E-state index is 2.27. The lowest BCUT2D eigenvalue weighted by molar-refractivity contribution is 1.21. The molecule has 0 saturated carbocycles. The van der Waals surface area contributed by atoms with Crippen LogP contribution in [0.3, 0.4) is 0 Å². The number of benzene rings is 7. The van der Waals surface area contributed by atoms with Gasteiger partial charge in [0.05, 0.1) is 0 Å². The van der Waals surface area contributed by atoms with Gasteiger partial charge in [-0.15, -0.1) is 0 Å². The fraction of sp³-hybridized carbons (Fsp3) is 0.0500. The van der Waals surface area contributed by atoms with E-state index < -0.39 is 0 Å². The molecule has 2 heteroatoms. The Morgan fingerprint density at radius 2 is 0.548 bits per heavy atom. The minimum atomic E-state index is 1.16. The smallest absolute Gasteiger partial charge is 0.0408 e. The summed E-state index contributed by atoms with van der Waals surface area (Å²) < 4.78 is 0. The first-order valence-electron chi connectivity index (χ1n) is 14.4. The SMILES string of the molecule is CN(c1ccccc1)c1ccc(-c2c3ccccc3c(-c3ccc(N(C)c4ccccc4)cc3)c3ccccc23)cc1. The van der Waals surface area contributed by atoms with Gasteiger partial charge in [-0.05, 0) is 92.3 Å². The van der Waals surface area contributed by atoms with Crippen LogP contribution in [-0.4, -0.2) is 14.1 Å².